The van der Waals surface area contributed by atoms with Crippen molar-refractivity contribution in [2.75, 3.05) is 13.6 Å². The Morgan fingerprint density at radius 2 is 2.60 bits per heavy atom. The summed E-state index contributed by atoms with van der Waals surface area (Å²) in [7, 11) is 1.97. The average Bonchev–Trinajstić information content (AvgIpc) is 2.41. The summed E-state index contributed by atoms with van der Waals surface area (Å²) >= 11 is 0. The summed E-state index contributed by atoms with van der Waals surface area (Å²) in [6.45, 7) is 2.12. The van der Waals surface area contributed by atoms with Gasteiger partial charge in [0.05, 0.1) is 6.33 Å². The standard InChI is InChI=1S/C7H13N3.H2/c1-8-3-2-5-10-6-4-9-7-10;/h4,6-8H,2-3,5H2,1H3;1H. The Hall–Kier alpha value is -0.830. The maximum Gasteiger partial charge on any atom is 0.0945 e. The lowest BCUT2D eigenvalue weighted by atomic mass is 10.4. The Labute approximate surface area is 62.6 Å². The second-order valence-corrected chi connectivity index (χ2v) is 2.26. The molecule has 1 rings (SSSR count). The van der Waals surface area contributed by atoms with Crippen molar-refractivity contribution in [2.45, 2.75) is 13.0 Å². The molecule has 0 aliphatic carbocycles. The van der Waals surface area contributed by atoms with Crippen molar-refractivity contribution in [1.82, 2.24) is 14.9 Å². The number of hydrogen-bond donors (Lipinski definition) is 1. The minimum absolute atomic E-state index is 0. The summed E-state index contributed by atoms with van der Waals surface area (Å²) < 4.78 is 2.08. The van der Waals surface area contributed by atoms with E-state index in [0.29, 0.717) is 0 Å². The lowest BCUT2D eigenvalue weighted by Gasteiger charge is -1.99. The molecule has 58 valence electrons. The molecule has 0 saturated carbocycles. The van der Waals surface area contributed by atoms with Gasteiger partial charge in [0.25, 0.3) is 0 Å². The van der Waals surface area contributed by atoms with Gasteiger partial charge in [0.2, 0.25) is 0 Å². The molecule has 3 heteroatoms. The lowest BCUT2D eigenvalue weighted by molar-refractivity contribution is 0.612. The average molecular weight is 141 g/mol. The molecule has 0 fully saturated rings. The molecule has 1 aromatic heterocycles. The second-order valence-electron chi connectivity index (χ2n) is 2.26. The molecule has 0 unspecified atom stereocenters. The first-order valence-electron chi connectivity index (χ1n) is 3.54. The molecule has 1 N–H and O–H groups in total. The molecular formula is C7H15N3. The van der Waals surface area contributed by atoms with Crippen LogP contribution in [-0.4, -0.2) is 23.1 Å². The SMILES string of the molecule is CNCCCn1ccnc1.[HH]. The van der Waals surface area contributed by atoms with Crippen molar-refractivity contribution in [3.05, 3.63) is 18.7 Å². The maximum absolute atomic E-state index is 3.94. The van der Waals surface area contributed by atoms with Crippen LogP contribution in [0.5, 0.6) is 0 Å². The summed E-state index contributed by atoms with van der Waals surface area (Å²) in [5, 5.41) is 3.10. The number of aromatic nitrogens is 2. The minimum Gasteiger partial charge on any atom is -0.337 e. The van der Waals surface area contributed by atoms with Crippen LogP contribution in [0, 0.1) is 0 Å². The largest absolute Gasteiger partial charge is 0.337 e. The molecule has 0 saturated heterocycles. The third-order valence-electron chi connectivity index (χ3n) is 1.40. The third kappa shape index (κ3) is 2.19. The topological polar surface area (TPSA) is 29.9 Å². The number of hydrogen-bond acceptors (Lipinski definition) is 2. The van der Waals surface area contributed by atoms with Crippen LogP contribution in [-0.2, 0) is 6.54 Å². The first-order valence-corrected chi connectivity index (χ1v) is 3.54. The van der Waals surface area contributed by atoms with Gasteiger partial charge in [0, 0.05) is 20.4 Å². The van der Waals surface area contributed by atoms with Crippen LogP contribution in [0.3, 0.4) is 0 Å². The van der Waals surface area contributed by atoms with Crippen LogP contribution in [0.25, 0.3) is 0 Å². The lowest BCUT2D eigenvalue weighted by Crippen LogP contribution is -2.10. The summed E-state index contributed by atoms with van der Waals surface area (Å²) in [5.41, 5.74) is 0. The van der Waals surface area contributed by atoms with Crippen LogP contribution in [0.4, 0.5) is 0 Å². The van der Waals surface area contributed by atoms with Crippen LogP contribution >= 0.6 is 0 Å². The number of rotatable bonds is 4. The van der Waals surface area contributed by atoms with Crippen molar-refractivity contribution in [3.63, 3.8) is 0 Å². The number of imidazole rings is 1. The van der Waals surface area contributed by atoms with E-state index in [2.05, 4.69) is 14.9 Å². The highest BCUT2D eigenvalue weighted by atomic mass is 15.0. The third-order valence-corrected chi connectivity index (χ3v) is 1.40. The molecular weight excluding hydrogens is 126 g/mol. The predicted octanol–water partition coefficient (Wildman–Crippen LogP) is 0.739. The Morgan fingerprint density at radius 1 is 1.70 bits per heavy atom. The Morgan fingerprint density at radius 3 is 3.20 bits per heavy atom. The van der Waals surface area contributed by atoms with E-state index in [-0.39, 0.29) is 1.43 Å². The molecule has 0 radical (unpaired) electrons. The van der Waals surface area contributed by atoms with Gasteiger partial charge >= 0.3 is 0 Å². The van der Waals surface area contributed by atoms with E-state index in [1.165, 1.54) is 0 Å². The minimum atomic E-state index is 0. The normalized spacial score (nSPS) is 10.1. The van der Waals surface area contributed by atoms with Crippen LogP contribution in [0.2, 0.25) is 0 Å². The molecule has 0 amide bonds. The fourth-order valence-corrected chi connectivity index (χ4v) is 0.857. The zero-order valence-electron chi connectivity index (χ0n) is 6.25. The van der Waals surface area contributed by atoms with Crippen molar-refractivity contribution in [1.29, 1.82) is 0 Å². The van der Waals surface area contributed by atoms with E-state index >= 15 is 0 Å². The van der Waals surface area contributed by atoms with Crippen LogP contribution < -0.4 is 5.32 Å². The first-order chi connectivity index (χ1) is 4.93. The van der Waals surface area contributed by atoms with Crippen molar-refractivity contribution in [3.8, 4) is 0 Å². The number of nitrogens with one attached hydrogen (secondary N) is 1. The zero-order chi connectivity index (χ0) is 7.23. The van der Waals surface area contributed by atoms with Crippen molar-refractivity contribution >= 4 is 0 Å². The van der Waals surface area contributed by atoms with Gasteiger partial charge in [0.1, 0.15) is 0 Å². The fourth-order valence-electron chi connectivity index (χ4n) is 0.857. The van der Waals surface area contributed by atoms with Gasteiger partial charge in [-0.15, -0.1) is 0 Å². The smallest absolute Gasteiger partial charge is 0.0945 e. The Bertz CT molecular complexity index is 162. The molecule has 0 aliphatic heterocycles. The highest BCUT2D eigenvalue weighted by molar-refractivity contribution is 4.73. The summed E-state index contributed by atoms with van der Waals surface area (Å²) in [6, 6.07) is 0. The highest BCUT2D eigenvalue weighted by Crippen LogP contribution is 1.87. The van der Waals surface area contributed by atoms with E-state index < -0.39 is 0 Å². The molecule has 0 aliphatic rings. The van der Waals surface area contributed by atoms with E-state index in [0.717, 1.165) is 19.5 Å². The Kier molecular flexibility index (Phi) is 2.96. The summed E-state index contributed by atoms with van der Waals surface area (Å²) in [5.74, 6) is 0. The monoisotopic (exact) mass is 141 g/mol. The first kappa shape index (κ1) is 7.28. The highest BCUT2D eigenvalue weighted by Gasteiger charge is 1.86. The molecule has 1 aromatic rings. The van der Waals surface area contributed by atoms with Gasteiger partial charge < -0.3 is 9.88 Å². The van der Waals surface area contributed by atoms with Crippen LogP contribution in [0.15, 0.2) is 18.7 Å². The fraction of sp³-hybridized carbons (Fsp3) is 0.571. The predicted molar refractivity (Wildman–Crippen MR) is 42.9 cm³/mol. The summed E-state index contributed by atoms with van der Waals surface area (Å²) in [6.07, 6.45) is 6.79. The maximum atomic E-state index is 3.94. The molecule has 0 spiro atoms. The van der Waals surface area contributed by atoms with Gasteiger partial charge in [-0.25, -0.2) is 4.98 Å². The molecule has 0 atom stereocenters. The van der Waals surface area contributed by atoms with Gasteiger partial charge in [0.15, 0.2) is 0 Å². The van der Waals surface area contributed by atoms with E-state index in [9.17, 15) is 0 Å². The van der Waals surface area contributed by atoms with Gasteiger partial charge in [-0.1, -0.05) is 0 Å². The van der Waals surface area contributed by atoms with Crippen LogP contribution in [0.1, 0.15) is 7.85 Å². The van der Waals surface area contributed by atoms with Gasteiger partial charge in [-0.2, -0.15) is 0 Å². The Balaban J connectivity index is 0.000001000. The molecule has 3 nitrogen and oxygen atoms in total. The molecule has 10 heavy (non-hydrogen) atoms. The van der Waals surface area contributed by atoms with E-state index in [4.69, 9.17) is 0 Å². The van der Waals surface area contributed by atoms with E-state index in [1.807, 2.05) is 19.6 Å². The number of nitrogens with zero attached hydrogens (tertiary/aromatic N) is 2. The second kappa shape index (κ2) is 4.06. The van der Waals surface area contributed by atoms with Gasteiger partial charge in [-0.05, 0) is 20.0 Å². The zero-order valence-corrected chi connectivity index (χ0v) is 6.25. The molecule has 0 bridgehead atoms. The molecule has 0 aromatic carbocycles. The van der Waals surface area contributed by atoms with Crippen molar-refractivity contribution in [2.24, 2.45) is 0 Å². The van der Waals surface area contributed by atoms with Gasteiger partial charge in [-0.3, -0.25) is 0 Å². The number of aryl methyl sites for hydroxylation is 1. The summed E-state index contributed by atoms with van der Waals surface area (Å²) in [4.78, 5) is 3.94. The van der Waals surface area contributed by atoms with E-state index in [1.54, 1.807) is 6.20 Å². The van der Waals surface area contributed by atoms with Crippen molar-refractivity contribution < 1.29 is 1.43 Å². The molecule has 1 heterocycles. The quantitative estimate of drug-likeness (QED) is 0.627.